The highest BCUT2D eigenvalue weighted by molar-refractivity contribution is 7.71. The lowest BCUT2D eigenvalue weighted by Gasteiger charge is -2.09. The van der Waals surface area contributed by atoms with Crippen molar-refractivity contribution in [1.29, 1.82) is 0 Å². The second-order valence-electron chi connectivity index (χ2n) is 4.60. The summed E-state index contributed by atoms with van der Waals surface area (Å²) in [4.78, 5) is 0. The quantitative estimate of drug-likeness (QED) is 0.464. The summed E-state index contributed by atoms with van der Waals surface area (Å²) in [6, 6.07) is 8.03. The fraction of sp³-hybridized carbons (Fsp3) is 0. The van der Waals surface area contributed by atoms with E-state index in [0.717, 1.165) is 0 Å². The van der Waals surface area contributed by atoms with E-state index in [0.29, 0.717) is 11.3 Å². The number of rotatable bonds is 2. The maximum atomic E-state index is 9.97. The van der Waals surface area contributed by atoms with Crippen LogP contribution in [0.1, 0.15) is 0 Å². The van der Waals surface area contributed by atoms with E-state index < -0.39 is 0 Å². The number of nitrogens with one attached hydrogen (secondary N) is 1. The van der Waals surface area contributed by atoms with Gasteiger partial charge in [0.15, 0.2) is 10.6 Å². The first-order valence-electron chi connectivity index (χ1n) is 6.19. The Morgan fingerprint density at radius 2 is 1.59 bits per heavy atom. The topological polar surface area (TPSA) is 115 Å². The number of phenolic OH excluding ortho intramolecular Hbond substituents is 4. The second-order valence-corrected chi connectivity index (χ2v) is 4.98. The lowest BCUT2D eigenvalue weighted by Crippen LogP contribution is -1.98. The van der Waals surface area contributed by atoms with Gasteiger partial charge in [-0.3, -0.25) is 9.67 Å². The highest BCUT2D eigenvalue weighted by Crippen LogP contribution is 2.33. The third kappa shape index (κ3) is 2.35. The number of phenols is 4. The molecule has 0 saturated carbocycles. The van der Waals surface area contributed by atoms with Gasteiger partial charge in [-0.1, -0.05) is 0 Å². The molecule has 3 rings (SSSR count). The summed E-state index contributed by atoms with van der Waals surface area (Å²) in [6.45, 7) is 0. The van der Waals surface area contributed by atoms with Gasteiger partial charge in [-0.2, -0.15) is 5.10 Å². The molecule has 1 aromatic heterocycles. The van der Waals surface area contributed by atoms with Crippen molar-refractivity contribution in [2.24, 2.45) is 0 Å². The van der Waals surface area contributed by atoms with Crippen molar-refractivity contribution in [2.45, 2.75) is 0 Å². The van der Waals surface area contributed by atoms with Gasteiger partial charge in [-0.25, -0.2) is 0 Å². The van der Waals surface area contributed by atoms with Gasteiger partial charge in [0.2, 0.25) is 0 Å². The van der Waals surface area contributed by atoms with E-state index in [-0.39, 0.29) is 33.6 Å². The van der Waals surface area contributed by atoms with E-state index in [4.69, 9.17) is 12.2 Å². The molecule has 22 heavy (non-hydrogen) atoms. The second kappa shape index (κ2) is 5.08. The average Bonchev–Trinajstić information content (AvgIpc) is 2.79. The van der Waals surface area contributed by atoms with Crippen LogP contribution in [0.3, 0.4) is 0 Å². The Bertz CT molecular complexity index is 896. The molecule has 0 fully saturated rings. The van der Waals surface area contributed by atoms with E-state index in [2.05, 4.69) is 10.2 Å². The third-order valence-corrected chi connectivity index (χ3v) is 3.31. The summed E-state index contributed by atoms with van der Waals surface area (Å²) in [5.41, 5.74) is 0.701. The van der Waals surface area contributed by atoms with E-state index in [1.807, 2.05) is 0 Å². The fourth-order valence-corrected chi connectivity index (χ4v) is 2.37. The van der Waals surface area contributed by atoms with E-state index >= 15 is 0 Å². The smallest absolute Gasteiger partial charge is 0.200 e. The Balaban J connectivity index is 2.26. The Kier molecular flexibility index (Phi) is 3.22. The maximum Gasteiger partial charge on any atom is 0.200 e. The zero-order valence-corrected chi connectivity index (χ0v) is 11.9. The maximum absolute atomic E-state index is 9.97. The highest BCUT2D eigenvalue weighted by atomic mass is 32.1. The van der Waals surface area contributed by atoms with Gasteiger partial charge in [0.05, 0.1) is 11.3 Å². The molecule has 0 bridgehead atoms. The van der Waals surface area contributed by atoms with E-state index in [1.165, 1.54) is 41.0 Å². The Hall–Kier alpha value is -3.00. The van der Waals surface area contributed by atoms with Crippen molar-refractivity contribution in [3.05, 3.63) is 41.2 Å². The van der Waals surface area contributed by atoms with Crippen LogP contribution in [0.4, 0.5) is 0 Å². The molecule has 5 N–H and O–H groups in total. The molecule has 0 amide bonds. The summed E-state index contributed by atoms with van der Waals surface area (Å²) in [5.74, 6) is -0.276. The number of nitrogens with zero attached hydrogens (tertiary/aromatic N) is 2. The Morgan fingerprint density at radius 1 is 0.909 bits per heavy atom. The van der Waals surface area contributed by atoms with Crippen molar-refractivity contribution in [2.75, 3.05) is 0 Å². The van der Waals surface area contributed by atoms with Gasteiger partial charge in [-0.05, 0) is 24.4 Å². The third-order valence-electron chi connectivity index (χ3n) is 3.04. The SMILES string of the molecule is Oc1cc(O)cc(-n2c(-c3ccc(O)cc3O)n[nH]c2=S)c1. The lowest BCUT2D eigenvalue weighted by molar-refractivity contribution is 0.450. The molecule has 0 aliphatic heterocycles. The van der Waals surface area contributed by atoms with Crippen LogP contribution in [-0.2, 0) is 0 Å². The van der Waals surface area contributed by atoms with Crippen LogP contribution in [0, 0.1) is 4.77 Å². The molecule has 0 radical (unpaired) electrons. The van der Waals surface area contributed by atoms with Crippen LogP contribution in [0.25, 0.3) is 17.1 Å². The highest BCUT2D eigenvalue weighted by Gasteiger charge is 2.15. The van der Waals surface area contributed by atoms with Crippen molar-refractivity contribution >= 4 is 12.2 Å². The molecule has 7 nitrogen and oxygen atoms in total. The van der Waals surface area contributed by atoms with Crippen LogP contribution in [0.2, 0.25) is 0 Å². The molecule has 1 heterocycles. The standard InChI is InChI=1S/C14H11N3O4S/c18-8-1-2-11(12(21)6-8)13-15-16-14(22)17(13)7-3-9(19)5-10(20)4-7/h1-6,18-21H,(H,16,22). The number of aromatic nitrogens is 3. The first kappa shape index (κ1) is 14.0. The summed E-state index contributed by atoms with van der Waals surface area (Å²) in [5, 5.41) is 45.2. The molecule has 112 valence electrons. The van der Waals surface area contributed by atoms with Crippen LogP contribution in [-0.4, -0.2) is 35.2 Å². The molecule has 0 aliphatic rings. The van der Waals surface area contributed by atoms with Crippen molar-refractivity contribution < 1.29 is 20.4 Å². The van der Waals surface area contributed by atoms with Crippen molar-refractivity contribution in [3.63, 3.8) is 0 Å². The van der Waals surface area contributed by atoms with Gasteiger partial charge in [0, 0.05) is 24.3 Å². The zero-order valence-electron chi connectivity index (χ0n) is 11.1. The van der Waals surface area contributed by atoms with Crippen LogP contribution in [0.5, 0.6) is 23.0 Å². The minimum atomic E-state index is -0.181. The first-order valence-corrected chi connectivity index (χ1v) is 6.59. The van der Waals surface area contributed by atoms with Crippen molar-refractivity contribution in [3.8, 4) is 40.1 Å². The zero-order chi connectivity index (χ0) is 15.9. The fourth-order valence-electron chi connectivity index (χ4n) is 2.13. The molecule has 0 aliphatic carbocycles. The molecule has 0 unspecified atom stereocenters. The number of H-pyrrole nitrogens is 1. The van der Waals surface area contributed by atoms with Crippen LogP contribution >= 0.6 is 12.2 Å². The number of hydrogen-bond acceptors (Lipinski definition) is 6. The number of benzene rings is 2. The molecule has 0 saturated heterocycles. The predicted molar refractivity (Wildman–Crippen MR) is 80.8 cm³/mol. The molecule has 0 atom stereocenters. The van der Waals surface area contributed by atoms with E-state index in [1.54, 1.807) is 0 Å². The molecule has 8 heteroatoms. The summed E-state index contributed by atoms with van der Waals surface area (Å²) < 4.78 is 1.66. The lowest BCUT2D eigenvalue weighted by atomic mass is 10.1. The first-order chi connectivity index (χ1) is 10.5. The monoisotopic (exact) mass is 317 g/mol. The van der Waals surface area contributed by atoms with Gasteiger partial charge >= 0.3 is 0 Å². The largest absolute Gasteiger partial charge is 0.508 e. The summed E-state index contributed by atoms with van der Waals surface area (Å²) in [7, 11) is 0. The Labute approximate surface area is 129 Å². The summed E-state index contributed by atoms with van der Waals surface area (Å²) >= 11 is 5.16. The van der Waals surface area contributed by atoms with Gasteiger partial charge < -0.3 is 20.4 Å². The van der Waals surface area contributed by atoms with Crippen LogP contribution in [0.15, 0.2) is 36.4 Å². The van der Waals surface area contributed by atoms with Crippen molar-refractivity contribution in [1.82, 2.24) is 14.8 Å². The van der Waals surface area contributed by atoms with E-state index in [9.17, 15) is 20.4 Å². The summed E-state index contributed by atoms with van der Waals surface area (Å²) in [6.07, 6.45) is 0. The number of aromatic amines is 1. The molecule has 0 spiro atoms. The molecular weight excluding hydrogens is 306 g/mol. The minimum Gasteiger partial charge on any atom is -0.508 e. The molecule has 2 aromatic carbocycles. The molecular formula is C14H11N3O4S. The Morgan fingerprint density at radius 3 is 2.23 bits per heavy atom. The number of hydrogen-bond donors (Lipinski definition) is 5. The average molecular weight is 317 g/mol. The normalized spacial score (nSPS) is 10.7. The minimum absolute atomic E-state index is 0.0862. The predicted octanol–water partition coefficient (Wildman–Crippen LogP) is 2.42. The van der Waals surface area contributed by atoms with Gasteiger partial charge in [0.1, 0.15) is 23.0 Å². The van der Waals surface area contributed by atoms with Gasteiger partial charge in [-0.15, -0.1) is 0 Å². The molecule has 3 aromatic rings. The van der Waals surface area contributed by atoms with Gasteiger partial charge in [0.25, 0.3) is 0 Å². The number of aromatic hydroxyl groups is 4. The van der Waals surface area contributed by atoms with Crippen LogP contribution < -0.4 is 0 Å².